The molecule has 0 unspecified atom stereocenters. The van der Waals surface area contributed by atoms with Crippen molar-refractivity contribution in [2.24, 2.45) is 5.92 Å². The summed E-state index contributed by atoms with van der Waals surface area (Å²) in [6.07, 6.45) is 0.0119. The summed E-state index contributed by atoms with van der Waals surface area (Å²) in [4.78, 5) is 11.9. The molecule has 0 spiro atoms. The van der Waals surface area contributed by atoms with Gasteiger partial charge in [-0.25, -0.2) is 0 Å². The van der Waals surface area contributed by atoms with Gasteiger partial charge in [0.15, 0.2) is 5.78 Å². The minimum atomic E-state index is -0.574. The monoisotopic (exact) mass is 222 g/mol. The van der Waals surface area contributed by atoms with Gasteiger partial charge in [-0.3, -0.25) is 4.79 Å². The first kappa shape index (κ1) is 12.7. The number of methoxy groups -OCH3 is 1. The van der Waals surface area contributed by atoms with Crippen LogP contribution in [-0.2, 0) is 0 Å². The van der Waals surface area contributed by atoms with Crippen LogP contribution in [0.1, 0.15) is 30.6 Å². The molecule has 0 aliphatic carbocycles. The van der Waals surface area contributed by atoms with E-state index in [2.05, 4.69) is 0 Å². The largest absolute Gasteiger partial charge is 0.497 e. The molecule has 0 aliphatic heterocycles. The van der Waals surface area contributed by atoms with Crippen molar-refractivity contribution in [2.75, 3.05) is 7.11 Å². The summed E-state index contributed by atoms with van der Waals surface area (Å²) >= 11 is 0. The molecule has 1 aromatic rings. The number of carbonyl (C=O) groups is 1. The molecule has 1 N–H and O–H groups in total. The summed E-state index contributed by atoms with van der Waals surface area (Å²) in [5.41, 5.74) is 0.612. The molecular weight excluding hydrogens is 204 g/mol. The summed E-state index contributed by atoms with van der Waals surface area (Å²) in [6, 6.07) is 6.94. The van der Waals surface area contributed by atoms with Gasteiger partial charge in [-0.15, -0.1) is 0 Å². The molecule has 0 saturated heterocycles. The molecule has 16 heavy (non-hydrogen) atoms. The van der Waals surface area contributed by atoms with Gasteiger partial charge < -0.3 is 9.84 Å². The Bertz CT molecular complexity index is 343. The van der Waals surface area contributed by atoms with Crippen LogP contribution < -0.4 is 4.74 Å². The van der Waals surface area contributed by atoms with E-state index in [0.717, 1.165) is 5.75 Å². The SMILES string of the molecule is CC[C@@H](O)[C@H](C)C(=O)c1ccc(OC)cc1. The van der Waals surface area contributed by atoms with Crippen LogP contribution in [-0.4, -0.2) is 24.1 Å². The Morgan fingerprint density at radius 2 is 1.94 bits per heavy atom. The van der Waals surface area contributed by atoms with Crippen LogP contribution in [0.3, 0.4) is 0 Å². The third kappa shape index (κ3) is 2.83. The van der Waals surface area contributed by atoms with E-state index < -0.39 is 6.10 Å². The zero-order valence-corrected chi connectivity index (χ0v) is 9.93. The molecule has 0 aromatic heterocycles. The van der Waals surface area contributed by atoms with Gasteiger partial charge in [0.25, 0.3) is 0 Å². The number of ether oxygens (including phenoxy) is 1. The minimum absolute atomic E-state index is 0.0306. The predicted octanol–water partition coefficient (Wildman–Crippen LogP) is 2.28. The van der Waals surface area contributed by atoms with E-state index in [4.69, 9.17) is 4.74 Å². The minimum Gasteiger partial charge on any atom is -0.497 e. The number of aliphatic hydroxyl groups is 1. The standard InChI is InChI=1S/C13H18O3/c1-4-12(14)9(2)13(15)10-5-7-11(16-3)8-6-10/h5-9,12,14H,4H2,1-3H3/t9-,12+/m0/s1. The second kappa shape index (κ2) is 5.66. The lowest BCUT2D eigenvalue weighted by Crippen LogP contribution is -2.25. The number of aliphatic hydroxyl groups excluding tert-OH is 1. The van der Waals surface area contributed by atoms with E-state index in [1.54, 1.807) is 38.3 Å². The van der Waals surface area contributed by atoms with Gasteiger partial charge in [0.05, 0.1) is 13.2 Å². The Balaban J connectivity index is 2.80. The van der Waals surface area contributed by atoms with Crippen LogP contribution in [0.2, 0.25) is 0 Å². The Labute approximate surface area is 96.1 Å². The molecule has 1 aromatic carbocycles. The van der Waals surface area contributed by atoms with E-state index in [0.29, 0.717) is 12.0 Å². The van der Waals surface area contributed by atoms with Crippen molar-refractivity contribution in [2.45, 2.75) is 26.4 Å². The van der Waals surface area contributed by atoms with Crippen LogP contribution in [0.15, 0.2) is 24.3 Å². The van der Waals surface area contributed by atoms with E-state index in [1.807, 2.05) is 6.92 Å². The fourth-order valence-corrected chi connectivity index (χ4v) is 1.55. The topological polar surface area (TPSA) is 46.5 Å². The highest BCUT2D eigenvalue weighted by molar-refractivity contribution is 5.98. The van der Waals surface area contributed by atoms with Gasteiger partial charge in [-0.2, -0.15) is 0 Å². The third-order valence-corrected chi connectivity index (χ3v) is 2.78. The molecule has 88 valence electrons. The van der Waals surface area contributed by atoms with Crippen LogP contribution in [0, 0.1) is 5.92 Å². The fraction of sp³-hybridized carbons (Fsp3) is 0.462. The zero-order chi connectivity index (χ0) is 12.1. The number of rotatable bonds is 5. The van der Waals surface area contributed by atoms with Crippen LogP contribution in [0.5, 0.6) is 5.75 Å². The van der Waals surface area contributed by atoms with Crippen molar-refractivity contribution < 1.29 is 14.6 Å². The van der Waals surface area contributed by atoms with Gasteiger partial charge >= 0.3 is 0 Å². The first-order valence-electron chi connectivity index (χ1n) is 5.46. The van der Waals surface area contributed by atoms with Gasteiger partial charge in [-0.05, 0) is 30.7 Å². The molecule has 2 atom stereocenters. The van der Waals surface area contributed by atoms with Crippen molar-refractivity contribution in [3.05, 3.63) is 29.8 Å². The predicted molar refractivity (Wildman–Crippen MR) is 62.8 cm³/mol. The summed E-state index contributed by atoms with van der Waals surface area (Å²) in [7, 11) is 1.58. The molecule has 0 aliphatic rings. The van der Waals surface area contributed by atoms with Crippen molar-refractivity contribution in [3.8, 4) is 5.75 Å². The second-order valence-electron chi connectivity index (χ2n) is 3.86. The number of hydrogen-bond donors (Lipinski definition) is 1. The Morgan fingerprint density at radius 3 is 2.38 bits per heavy atom. The fourth-order valence-electron chi connectivity index (χ4n) is 1.55. The summed E-state index contributed by atoms with van der Waals surface area (Å²) in [5.74, 6) is 0.329. The maximum absolute atomic E-state index is 11.9. The first-order valence-corrected chi connectivity index (χ1v) is 5.46. The second-order valence-corrected chi connectivity index (χ2v) is 3.86. The third-order valence-electron chi connectivity index (χ3n) is 2.78. The summed E-state index contributed by atoms with van der Waals surface area (Å²) in [6.45, 7) is 3.61. The van der Waals surface area contributed by atoms with Crippen molar-refractivity contribution in [1.29, 1.82) is 0 Å². The lowest BCUT2D eigenvalue weighted by atomic mass is 9.93. The molecular formula is C13H18O3. The Morgan fingerprint density at radius 1 is 1.38 bits per heavy atom. The molecule has 0 bridgehead atoms. The summed E-state index contributed by atoms with van der Waals surface area (Å²) in [5, 5.41) is 9.61. The van der Waals surface area contributed by atoms with E-state index in [9.17, 15) is 9.90 Å². The van der Waals surface area contributed by atoms with Crippen LogP contribution in [0.25, 0.3) is 0 Å². The van der Waals surface area contributed by atoms with Crippen LogP contribution in [0.4, 0.5) is 0 Å². The number of carbonyl (C=O) groups excluding carboxylic acids is 1. The highest BCUT2D eigenvalue weighted by Crippen LogP contribution is 2.17. The number of ketones is 1. The van der Waals surface area contributed by atoms with Gasteiger partial charge in [0.2, 0.25) is 0 Å². The lowest BCUT2D eigenvalue weighted by molar-refractivity contribution is 0.0705. The molecule has 3 nitrogen and oxygen atoms in total. The zero-order valence-electron chi connectivity index (χ0n) is 9.93. The average molecular weight is 222 g/mol. The Hall–Kier alpha value is -1.35. The first-order chi connectivity index (χ1) is 7.60. The number of hydrogen-bond acceptors (Lipinski definition) is 3. The van der Waals surface area contributed by atoms with Gasteiger partial charge in [0, 0.05) is 11.5 Å². The molecule has 0 amide bonds. The van der Waals surface area contributed by atoms with Crippen molar-refractivity contribution in [3.63, 3.8) is 0 Å². The quantitative estimate of drug-likeness (QED) is 0.777. The van der Waals surface area contributed by atoms with Crippen molar-refractivity contribution >= 4 is 5.78 Å². The van der Waals surface area contributed by atoms with Gasteiger partial charge in [0.1, 0.15) is 5.75 Å². The normalized spacial score (nSPS) is 14.2. The molecule has 1 rings (SSSR count). The maximum Gasteiger partial charge on any atom is 0.168 e. The number of Topliss-reactive ketones (excluding diaryl/α,β-unsaturated/α-hetero) is 1. The van der Waals surface area contributed by atoms with E-state index in [1.165, 1.54) is 0 Å². The highest BCUT2D eigenvalue weighted by Gasteiger charge is 2.21. The number of benzene rings is 1. The maximum atomic E-state index is 11.9. The van der Waals surface area contributed by atoms with E-state index >= 15 is 0 Å². The van der Waals surface area contributed by atoms with Gasteiger partial charge in [-0.1, -0.05) is 13.8 Å². The lowest BCUT2D eigenvalue weighted by Gasteiger charge is -2.15. The molecule has 0 saturated carbocycles. The highest BCUT2D eigenvalue weighted by atomic mass is 16.5. The molecule has 3 heteroatoms. The molecule has 0 heterocycles. The van der Waals surface area contributed by atoms with Crippen molar-refractivity contribution in [1.82, 2.24) is 0 Å². The molecule has 0 radical (unpaired) electrons. The van der Waals surface area contributed by atoms with E-state index in [-0.39, 0.29) is 11.7 Å². The van der Waals surface area contributed by atoms with Crippen LogP contribution >= 0.6 is 0 Å². The Kier molecular flexibility index (Phi) is 4.50. The summed E-state index contributed by atoms with van der Waals surface area (Å²) < 4.78 is 5.02. The molecule has 0 fully saturated rings. The average Bonchev–Trinajstić information content (AvgIpc) is 2.36. The smallest absolute Gasteiger partial charge is 0.168 e.